The highest BCUT2D eigenvalue weighted by atomic mass is 79.9. The quantitative estimate of drug-likeness (QED) is 0.620. The molecule has 0 bridgehead atoms. The van der Waals surface area contributed by atoms with E-state index in [4.69, 9.17) is 0 Å². The summed E-state index contributed by atoms with van der Waals surface area (Å²) in [5.41, 5.74) is 0.505. The van der Waals surface area contributed by atoms with Crippen molar-refractivity contribution in [1.82, 2.24) is 5.32 Å². The van der Waals surface area contributed by atoms with E-state index in [0.717, 1.165) is 6.54 Å². The smallest absolute Gasteiger partial charge is 0.283 e. The second-order valence-corrected chi connectivity index (χ2v) is 4.99. The normalized spacial score (nSPS) is 11.9. The van der Waals surface area contributed by atoms with Crippen molar-refractivity contribution in [1.29, 1.82) is 0 Å². The zero-order valence-corrected chi connectivity index (χ0v) is 12.4. The number of anilines is 1. The summed E-state index contributed by atoms with van der Waals surface area (Å²) in [6.07, 6.45) is 0.350. The molecule has 0 aliphatic heterocycles. The van der Waals surface area contributed by atoms with E-state index < -0.39 is 4.92 Å². The third-order valence-corrected chi connectivity index (χ3v) is 3.11. The van der Waals surface area contributed by atoms with Crippen LogP contribution in [0.2, 0.25) is 0 Å². The number of carbonyl (C=O) groups is 1. The maximum Gasteiger partial charge on any atom is 0.283 e. The first-order valence-electron chi connectivity index (χ1n) is 5.91. The van der Waals surface area contributed by atoms with Gasteiger partial charge in [-0.2, -0.15) is 0 Å². The van der Waals surface area contributed by atoms with Crippen LogP contribution in [0.3, 0.4) is 0 Å². The van der Waals surface area contributed by atoms with Gasteiger partial charge in [-0.25, -0.2) is 0 Å². The van der Waals surface area contributed by atoms with Gasteiger partial charge in [-0.1, -0.05) is 6.92 Å². The average Bonchev–Trinajstić information content (AvgIpc) is 2.28. The van der Waals surface area contributed by atoms with Gasteiger partial charge in [-0.15, -0.1) is 0 Å². The van der Waals surface area contributed by atoms with Crippen LogP contribution in [0.4, 0.5) is 11.4 Å². The van der Waals surface area contributed by atoms with Crippen LogP contribution in [0, 0.1) is 10.1 Å². The van der Waals surface area contributed by atoms with Gasteiger partial charge >= 0.3 is 0 Å². The molecule has 0 radical (unpaired) electrons. The van der Waals surface area contributed by atoms with Gasteiger partial charge in [0.25, 0.3) is 5.69 Å². The minimum atomic E-state index is -0.483. The van der Waals surface area contributed by atoms with Crippen LogP contribution in [-0.2, 0) is 4.79 Å². The van der Waals surface area contributed by atoms with Gasteiger partial charge in [0.15, 0.2) is 0 Å². The molecule has 0 saturated carbocycles. The maximum atomic E-state index is 11.7. The van der Waals surface area contributed by atoms with Crippen molar-refractivity contribution < 1.29 is 9.72 Å². The molecule has 0 aliphatic carbocycles. The molecule has 0 aliphatic rings. The number of nitro groups is 1. The Bertz CT molecular complexity index is 479. The molecule has 1 amide bonds. The van der Waals surface area contributed by atoms with Crippen LogP contribution >= 0.6 is 15.9 Å². The molecule has 6 nitrogen and oxygen atoms in total. The number of nitro benzene ring substituents is 1. The molecule has 2 N–H and O–H groups in total. The molecule has 7 heteroatoms. The summed E-state index contributed by atoms with van der Waals surface area (Å²) in [5.74, 6) is -0.130. The second kappa shape index (κ2) is 7.20. The third-order valence-electron chi connectivity index (χ3n) is 2.47. The summed E-state index contributed by atoms with van der Waals surface area (Å²) in [6, 6.07) is 4.48. The van der Waals surface area contributed by atoms with Gasteiger partial charge in [-0.3, -0.25) is 14.9 Å². The topological polar surface area (TPSA) is 84.3 Å². The molecule has 0 fully saturated rings. The highest BCUT2D eigenvalue weighted by molar-refractivity contribution is 9.10. The molecule has 1 atom stereocenters. The minimum absolute atomic E-state index is 0.0287. The number of nitrogens with zero attached hydrogens (tertiary/aromatic N) is 1. The van der Waals surface area contributed by atoms with Crippen molar-refractivity contribution >= 4 is 33.2 Å². The molecule has 1 aromatic carbocycles. The molecule has 0 saturated heterocycles. The molecule has 1 rings (SSSR count). The molecular weight excluding hydrogens is 314 g/mol. The fourth-order valence-electron chi connectivity index (χ4n) is 1.64. The lowest BCUT2D eigenvalue weighted by atomic mass is 10.2. The Morgan fingerprint density at radius 1 is 1.53 bits per heavy atom. The van der Waals surface area contributed by atoms with Crippen molar-refractivity contribution in [3.05, 3.63) is 32.8 Å². The number of hydrogen-bond donors (Lipinski definition) is 2. The molecule has 19 heavy (non-hydrogen) atoms. The summed E-state index contributed by atoms with van der Waals surface area (Å²) in [7, 11) is 0. The first-order valence-corrected chi connectivity index (χ1v) is 6.70. The van der Waals surface area contributed by atoms with Gasteiger partial charge in [0.05, 0.1) is 9.40 Å². The predicted octanol–water partition coefficient (Wildman–Crippen LogP) is 2.68. The van der Waals surface area contributed by atoms with Crippen LogP contribution in [0.15, 0.2) is 22.7 Å². The van der Waals surface area contributed by atoms with Gasteiger partial charge in [-0.05, 0) is 41.5 Å². The maximum absolute atomic E-state index is 11.7. The van der Waals surface area contributed by atoms with Gasteiger partial charge in [0.2, 0.25) is 5.91 Å². The van der Waals surface area contributed by atoms with Crippen molar-refractivity contribution in [2.24, 2.45) is 0 Å². The van der Waals surface area contributed by atoms with E-state index in [-0.39, 0.29) is 17.6 Å². The molecule has 0 spiro atoms. The number of nitrogens with one attached hydrogen (secondary N) is 2. The minimum Gasteiger partial charge on any atom is -0.326 e. The molecular formula is C12H16BrN3O3. The van der Waals surface area contributed by atoms with E-state index in [1.807, 2.05) is 13.8 Å². The van der Waals surface area contributed by atoms with Crippen molar-refractivity contribution in [3.8, 4) is 0 Å². The molecule has 0 aromatic heterocycles. The van der Waals surface area contributed by atoms with Crippen molar-refractivity contribution in [2.45, 2.75) is 26.3 Å². The summed E-state index contributed by atoms with van der Waals surface area (Å²) < 4.78 is 0.343. The van der Waals surface area contributed by atoms with E-state index >= 15 is 0 Å². The van der Waals surface area contributed by atoms with Crippen molar-refractivity contribution in [3.63, 3.8) is 0 Å². The number of amides is 1. The van der Waals surface area contributed by atoms with Crippen LogP contribution in [0.25, 0.3) is 0 Å². The predicted molar refractivity (Wildman–Crippen MR) is 77.2 cm³/mol. The van der Waals surface area contributed by atoms with E-state index in [0.29, 0.717) is 16.6 Å². The zero-order chi connectivity index (χ0) is 14.4. The third kappa shape index (κ3) is 4.96. The fraction of sp³-hybridized carbons (Fsp3) is 0.417. The van der Waals surface area contributed by atoms with Crippen LogP contribution < -0.4 is 10.6 Å². The number of halogens is 1. The Labute approximate surface area is 119 Å². The summed E-state index contributed by atoms with van der Waals surface area (Å²) in [5, 5.41) is 16.5. The number of rotatable bonds is 6. The van der Waals surface area contributed by atoms with E-state index in [1.165, 1.54) is 18.2 Å². The standard InChI is InChI=1S/C12H16BrN3O3/c1-3-14-8(2)6-12(17)15-9-4-5-11(16(18)19)10(13)7-9/h4-5,7-8,14H,3,6H2,1-2H3,(H,15,17). The van der Waals surface area contributed by atoms with E-state index in [1.54, 1.807) is 0 Å². The summed E-state index contributed by atoms with van der Waals surface area (Å²) in [4.78, 5) is 21.9. The largest absolute Gasteiger partial charge is 0.326 e. The molecule has 104 valence electrons. The molecule has 1 aromatic rings. The highest BCUT2D eigenvalue weighted by Gasteiger charge is 2.13. The van der Waals surface area contributed by atoms with Crippen LogP contribution in [0.5, 0.6) is 0 Å². The SMILES string of the molecule is CCNC(C)CC(=O)Nc1ccc([N+](=O)[O-])c(Br)c1. The zero-order valence-electron chi connectivity index (χ0n) is 10.8. The van der Waals surface area contributed by atoms with Gasteiger partial charge in [0.1, 0.15) is 0 Å². The lowest BCUT2D eigenvalue weighted by molar-refractivity contribution is -0.385. The number of carbonyl (C=O) groups excluding carboxylic acids is 1. The van der Waals surface area contributed by atoms with Gasteiger partial charge in [0, 0.05) is 24.2 Å². The number of benzene rings is 1. The Hall–Kier alpha value is -1.47. The second-order valence-electron chi connectivity index (χ2n) is 4.13. The van der Waals surface area contributed by atoms with Crippen molar-refractivity contribution in [2.75, 3.05) is 11.9 Å². The van der Waals surface area contributed by atoms with E-state index in [9.17, 15) is 14.9 Å². The Morgan fingerprint density at radius 3 is 2.74 bits per heavy atom. The Balaban J connectivity index is 2.65. The Morgan fingerprint density at radius 2 is 2.21 bits per heavy atom. The Kier molecular flexibility index (Phi) is 5.91. The first kappa shape index (κ1) is 15.6. The van der Waals surface area contributed by atoms with E-state index in [2.05, 4.69) is 26.6 Å². The lowest BCUT2D eigenvalue weighted by Crippen LogP contribution is -2.30. The molecule has 1 unspecified atom stereocenters. The fourth-order valence-corrected chi connectivity index (χ4v) is 2.17. The number of hydrogen-bond acceptors (Lipinski definition) is 4. The van der Waals surface area contributed by atoms with Gasteiger partial charge < -0.3 is 10.6 Å². The monoisotopic (exact) mass is 329 g/mol. The van der Waals surface area contributed by atoms with Crippen LogP contribution in [-0.4, -0.2) is 23.4 Å². The lowest BCUT2D eigenvalue weighted by Gasteiger charge is -2.12. The summed E-state index contributed by atoms with van der Waals surface area (Å²) in [6.45, 7) is 4.70. The average molecular weight is 330 g/mol. The first-order chi connectivity index (χ1) is 8.93. The van der Waals surface area contributed by atoms with Crippen LogP contribution in [0.1, 0.15) is 20.3 Å². The summed E-state index contributed by atoms with van der Waals surface area (Å²) >= 11 is 3.11. The highest BCUT2D eigenvalue weighted by Crippen LogP contribution is 2.27. The molecule has 0 heterocycles.